The van der Waals surface area contributed by atoms with Gasteiger partial charge in [-0.2, -0.15) is 5.10 Å². The molecular formula is C6H10ClN3. The Bertz CT molecular complexity index is 185. The van der Waals surface area contributed by atoms with Crippen molar-refractivity contribution in [3.8, 4) is 0 Å². The number of aryl methyl sites for hydroxylation is 1. The standard InChI is InChI=1S/C6H9N3.ClH/c1-5-3-4-6(7-2)9-8-5;/h3-4H,1-2H3,(H,7,9);1H. The smallest absolute Gasteiger partial charge is 0.148 e. The van der Waals surface area contributed by atoms with E-state index in [4.69, 9.17) is 0 Å². The van der Waals surface area contributed by atoms with Crippen LogP contribution in [-0.4, -0.2) is 17.2 Å². The molecule has 10 heavy (non-hydrogen) atoms. The van der Waals surface area contributed by atoms with Gasteiger partial charge in [0.15, 0.2) is 0 Å². The highest BCUT2D eigenvalue weighted by Gasteiger charge is 1.86. The van der Waals surface area contributed by atoms with Crippen molar-refractivity contribution in [2.75, 3.05) is 12.4 Å². The first-order valence-electron chi connectivity index (χ1n) is 2.81. The van der Waals surface area contributed by atoms with Crippen molar-refractivity contribution in [2.24, 2.45) is 0 Å². The molecule has 1 heterocycles. The molecule has 0 bridgehead atoms. The van der Waals surface area contributed by atoms with Crippen molar-refractivity contribution in [1.29, 1.82) is 0 Å². The van der Waals surface area contributed by atoms with Crippen LogP contribution < -0.4 is 5.32 Å². The summed E-state index contributed by atoms with van der Waals surface area (Å²) in [6, 6.07) is 3.81. The Morgan fingerprint density at radius 1 is 1.30 bits per heavy atom. The second-order valence-electron chi connectivity index (χ2n) is 1.81. The Labute approximate surface area is 66.3 Å². The molecule has 0 spiro atoms. The molecule has 0 atom stereocenters. The van der Waals surface area contributed by atoms with Gasteiger partial charge in [0.1, 0.15) is 5.82 Å². The van der Waals surface area contributed by atoms with Gasteiger partial charge in [-0.15, -0.1) is 17.5 Å². The average molecular weight is 160 g/mol. The molecule has 4 heteroatoms. The van der Waals surface area contributed by atoms with Gasteiger partial charge < -0.3 is 5.32 Å². The fraction of sp³-hybridized carbons (Fsp3) is 0.333. The van der Waals surface area contributed by atoms with E-state index >= 15 is 0 Å². The van der Waals surface area contributed by atoms with E-state index < -0.39 is 0 Å². The molecule has 1 aromatic heterocycles. The molecule has 0 aliphatic carbocycles. The van der Waals surface area contributed by atoms with Crippen LogP contribution in [0.25, 0.3) is 0 Å². The quantitative estimate of drug-likeness (QED) is 0.670. The second-order valence-corrected chi connectivity index (χ2v) is 1.81. The largest absolute Gasteiger partial charge is 0.372 e. The van der Waals surface area contributed by atoms with E-state index in [-0.39, 0.29) is 12.4 Å². The number of hydrogen-bond acceptors (Lipinski definition) is 3. The zero-order valence-corrected chi connectivity index (χ0v) is 6.77. The average Bonchev–Trinajstić information content (AvgIpc) is 1.90. The summed E-state index contributed by atoms with van der Waals surface area (Å²) < 4.78 is 0. The van der Waals surface area contributed by atoms with Gasteiger partial charge in [-0.25, -0.2) is 0 Å². The van der Waals surface area contributed by atoms with E-state index in [9.17, 15) is 0 Å². The molecule has 3 nitrogen and oxygen atoms in total. The second kappa shape index (κ2) is 4.06. The van der Waals surface area contributed by atoms with E-state index in [2.05, 4.69) is 15.5 Å². The van der Waals surface area contributed by atoms with Crippen molar-refractivity contribution >= 4 is 18.2 Å². The molecule has 0 amide bonds. The minimum absolute atomic E-state index is 0. The summed E-state index contributed by atoms with van der Waals surface area (Å²) in [7, 11) is 1.82. The normalized spacial score (nSPS) is 8.20. The minimum atomic E-state index is 0. The number of aromatic nitrogens is 2. The molecule has 0 radical (unpaired) electrons. The maximum atomic E-state index is 3.84. The predicted octanol–water partition coefficient (Wildman–Crippen LogP) is 1.25. The molecule has 1 rings (SSSR count). The molecule has 0 saturated heterocycles. The van der Waals surface area contributed by atoms with E-state index in [1.54, 1.807) is 0 Å². The Hall–Kier alpha value is -0.830. The van der Waals surface area contributed by atoms with Crippen molar-refractivity contribution < 1.29 is 0 Å². The van der Waals surface area contributed by atoms with E-state index in [0.717, 1.165) is 11.5 Å². The lowest BCUT2D eigenvalue weighted by Crippen LogP contribution is -1.94. The van der Waals surface area contributed by atoms with Crippen molar-refractivity contribution in [1.82, 2.24) is 10.2 Å². The third-order valence-electron chi connectivity index (χ3n) is 1.05. The van der Waals surface area contributed by atoms with Crippen LogP contribution in [0.1, 0.15) is 5.69 Å². The zero-order valence-electron chi connectivity index (χ0n) is 5.96. The molecule has 0 aromatic carbocycles. The van der Waals surface area contributed by atoms with E-state index in [1.165, 1.54) is 0 Å². The molecule has 56 valence electrons. The number of rotatable bonds is 1. The Kier molecular flexibility index (Phi) is 3.72. The van der Waals surface area contributed by atoms with Gasteiger partial charge in [0.2, 0.25) is 0 Å². The van der Waals surface area contributed by atoms with Crippen LogP contribution in [0.2, 0.25) is 0 Å². The van der Waals surface area contributed by atoms with Crippen molar-refractivity contribution in [3.63, 3.8) is 0 Å². The Balaban J connectivity index is 0.000000810. The van der Waals surface area contributed by atoms with Gasteiger partial charge in [0.05, 0.1) is 5.69 Å². The topological polar surface area (TPSA) is 37.8 Å². The molecule has 1 N–H and O–H groups in total. The maximum Gasteiger partial charge on any atom is 0.148 e. The number of nitrogens with one attached hydrogen (secondary N) is 1. The number of anilines is 1. The van der Waals surface area contributed by atoms with Crippen molar-refractivity contribution in [2.45, 2.75) is 6.92 Å². The summed E-state index contributed by atoms with van der Waals surface area (Å²) in [4.78, 5) is 0. The first kappa shape index (κ1) is 9.17. The highest BCUT2D eigenvalue weighted by Crippen LogP contribution is 1.97. The Morgan fingerprint density at radius 3 is 2.40 bits per heavy atom. The van der Waals surface area contributed by atoms with Gasteiger partial charge in [-0.1, -0.05) is 0 Å². The third-order valence-corrected chi connectivity index (χ3v) is 1.05. The van der Waals surface area contributed by atoms with Crippen LogP contribution in [0.5, 0.6) is 0 Å². The molecule has 1 aromatic rings. The lowest BCUT2D eigenvalue weighted by atomic mass is 10.4. The van der Waals surface area contributed by atoms with Crippen LogP contribution in [0.3, 0.4) is 0 Å². The highest BCUT2D eigenvalue weighted by atomic mass is 35.5. The van der Waals surface area contributed by atoms with E-state index in [1.807, 2.05) is 26.1 Å². The first-order chi connectivity index (χ1) is 4.33. The van der Waals surface area contributed by atoms with Gasteiger partial charge in [-0.3, -0.25) is 0 Å². The molecule has 0 unspecified atom stereocenters. The third kappa shape index (κ3) is 2.19. The van der Waals surface area contributed by atoms with Crippen LogP contribution >= 0.6 is 12.4 Å². The fourth-order valence-corrected chi connectivity index (χ4v) is 0.532. The van der Waals surface area contributed by atoms with Gasteiger partial charge >= 0.3 is 0 Å². The maximum absolute atomic E-state index is 3.84. The number of hydrogen-bond donors (Lipinski definition) is 1. The summed E-state index contributed by atoms with van der Waals surface area (Å²) in [5.41, 5.74) is 0.939. The molecule has 0 aliphatic heterocycles. The van der Waals surface area contributed by atoms with Crippen LogP contribution in [0.15, 0.2) is 12.1 Å². The SMILES string of the molecule is CNc1ccc(C)nn1.Cl. The molecule has 0 aliphatic rings. The summed E-state index contributed by atoms with van der Waals surface area (Å²) in [6.07, 6.45) is 0. The molecular weight excluding hydrogens is 150 g/mol. The lowest BCUT2D eigenvalue weighted by Gasteiger charge is -1.94. The summed E-state index contributed by atoms with van der Waals surface area (Å²) in [5.74, 6) is 0.806. The monoisotopic (exact) mass is 159 g/mol. The molecule has 0 fully saturated rings. The minimum Gasteiger partial charge on any atom is -0.372 e. The number of halogens is 1. The fourth-order valence-electron chi connectivity index (χ4n) is 0.532. The van der Waals surface area contributed by atoms with Crippen molar-refractivity contribution in [3.05, 3.63) is 17.8 Å². The summed E-state index contributed by atoms with van der Waals surface area (Å²) in [6.45, 7) is 1.91. The van der Waals surface area contributed by atoms with E-state index in [0.29, 0.717) is 0 Å². The van der Waals surface area contributed by atoms with Gasteiger partial charge in [-0.05, 0) is 19.1 Å². The summed E-state index contributed by atoms with van der Waals surface area (Å²) in [5, 5.41) is 10.6. The van der Waals surface area contributed by atoms with Crippen LogP contribution in [0, 0.1) is 6.92 Å². The zero-order chi connectivity index (χ0) is 6.69. The predicted molar refractivity (Wildman–Crippen MR) is 43.6 cm³/mol. The Morgan fingerprint density at radius 2 is 2.00 bits per heavy atom. The van der Waals surface area contributed by atoms with Crippen LogP contribution in [-0.2, 0) is 0 Å². The first-order valence-corrected chi connectivity index (χ1v) is 2.81. The molecule has 0 saturated carbocycles. The lowest BCUT2D eigenvalue weighted by molar-refractivity contribution is 0.982. The van der Waals surface area contributed by atoms with Gasteiger partial charge in [0.25, 0.3) is 0 Å². The van der Waals surface area contributed by atoms with Crippen LogP contribution in [0.4, 0.5) is 5.82 Å². The highest BCUT2D eigenvalue weighted by molar-refractivity contribution is 5.85. The van der Waals surface area contributed by atoms with Gasteiger partial charge in [0, 0.05) is 7.05 Å². The summed E-state index contributed by atoms with van der Waals surface area (Å²) >= 11 is 0. The number of nitrogens with zero attached hydrogens (tertiary/aromatic N) is 2.